The summed E-state index contributed by atoms with van der Waals surface area (Å²) >= 11 is 0. The lowest BCUT2D eigenvalue weighted by Gasteiger charge is -2.34. The average Bonchev–Trinajstić information content (AvgIpc) is 3.05. The van der Waals surface area contributed by atoms with Gasteiger partial charge >= 0.3 is 0 Å². The lowest BCUT2D eigenvalue weighted by atomic mass is 10.0. The quantitative estimate of drug-likeness (QED) is 0.674. The van der Waals surface area contributed by atoms with Crippen LogP contribution in [0.1, 0.15) is 61.5 Å². The second-order valence-electron chi connectivity index (χ2n) is 8.25. The van der Waals surface area contributed by atoms with Crippen LogP contribution in [0.25, 0.3) is 0 Å². The molecular weight excluding hydrogens is 406 g/mol. The fraction of sp³-hybridized carbons (Fsp3) is 0.360. The van der Waals surface area contributed by atoms with E-state index in [1.165, 1.54) is 11.0 Å². The molecule has 0 spiro atoms. The smallest absolute Gasteiger partial charge is 0.266 e. The van der Waals surface area contributed by atoms with Gasteiger partial charge in [0.15, 0.2) is 0 Å². The Bertz CT molecular complexity index is 1130. The van der Waals surface area contributed by atoms with E-state index in [4.69, 9.17) is 10.00 Å². The number of anilines is 1. The predicted octanol–water partition coefficient (Wildman–Crippen LogP) is 3.64. The van der Waals surface area contributed by atoms with Crippen molar-refractivity contribution in [1.82, 2.24) is 4.90 Å². The molecule has 4 rings (SSSR count). The maximum atomic E-state index is 13.4. The first-order valence-corrected chi connectivity index (χ1v) is 10.8. The Labute approximate surface area is 187 Å². The Kier molecular flexibility index (Phi) is 6.06. The minimum absolute atomic E-state index is 0.0124. The van der Waals surface area contributed by atoms with Gasteiger partial charge in [-0.15, -0.1) is 0 Å². The van der Waals surface area contributed by atoms with Gasteiger partial charge < -0.3 is 9.64 Å². The van der Waals surface area contributed by atoms with Crippen molar-refractivity contribution in [2.75, 3.05) is 24.7 Å². The number of benzene rings is 2. The first-order chi connectivity index (χ1) is 15.4. The highest BCUT2D eigenvalue weighted by Crippen LogP contribution is 2.32. The molecule has 1 saturated heterocycles. The molecule has 164 valence electrons. The van der Waals surface area contributed by atoms with Crippen LogP contribution in [0, 0.1) is 25.2 Å². The number of nitriles is 1. The molecule has 2 aliphatic rings. The number of fused-ring (bicyclic) bond motifs is 1. The van der Waals surface area contributed by atoms with Crippen LogP contribution in [0.3, 0.4) is 0 Å². The van der Waals surface area contributed by atoms with Gasteiger partial charge in [0.2, 0.25) is 0 Å². The molecule has 0 unspecified atom stereocenters. The summed E-state index contributed by atoms with van der Waals surface area (Å²) in [7, 11) is 0. The molecule has 0 bridgehead atoms. The van der Waals surface area contributed by atoms with Gasteiger partial charge in [-0.2, -0.15) is 5.26 Å². The van der Waals surface area contributed by atoms with Crippen LogP contribution in [0.4, 0.5) is 5.69 Å². The van der Waals surface area contributed by atoms with E-state index >= 15 is 0 Å². The Morgan fingerprint density at radius 2 is 1.81 bits per heavy atom. The largest absolute Gasteiger partial charge is 0.381 e. The van der Waals surface area contributed by atoms with Gasteiger partial charge in [0.1, 0.15) is 0 Å². The minimum atomic E-state index is -0.428. The van der Waals surface area contributed by atoms with Crippen molar-refractivity contribution in [3.63, 3.8) is 0 Å². The topological polar surface area (TPSA) is 90.7 Å². The van der Waals surface area contributed by atoms with Crippen molar-refractivity contribution in [1.29, 1.82) is 5.26 Å². The molecule has 0 aliphatic carbocycles. The van der Waals surface area contributed by atoms with E-state index < -0.39 is 5.91 Å². The Hall–Kier alpha value is -3.50. The summed E-state index contributed by atoms with van der Waals surface area (Å²) in [5.41, 5.74) is 3.20. The van der Waals surface area contributed by atoms with E-state index in [1.807, 2.05) is 32.0 Å². The third kappa shape index (κ3) is 3.90. The molecule has 32 heavy (non-hydrogen) atoms. The molecule has 0 radical (unpaired) electrons. The highest BCUT2D eigenvalue weighted by molar-refractivity contribution is 6.35. The second-order valence-corrected chi connectivity index (χ2v) is 8.25. The molecule has 7 heteroatoms. The summed E-state index contributed by atoms with van der Waals surface area (Å²) < 4.78 is 5.41. The molecule has 2 aromatic carbocycles. The normalized spacial score (nSPS) is 16.1. The van der Waals surface area contributed by atoms with E-state index in [2.05, 4.69) is 6.07 Å². The first-order valence-electron chi connectivity index (χ1n) is 10.8. The monoisotopic (exact) mass is 431 g/mol. The molecule has 0 atom stereocenters. The average molecular weight is 431 g/mol. The molecule has 2 aliphatic heterocycles. The van der Waals surface area contributed by atoms with E-state index in [1.54, 1.807) is 17.0 Å². The number of imide groups is 1. The zero-order valence-corrected chi connectivity index (χ0v) is 18.3. The number of rotatable bonds is 5. The van der Waals surface area contributed by atoms with Gasteiger partial charge in [-0.05, 0) is 62.1 Å². The van der Waals surface area contributed by atoms with E-state index in [0.717, 1.165) is 11.1 Å². The zero-order chi connectivity index (χ0) is 22.8. The predicted molar refractivity (Wildman–Crippen MR) is 119 cm³/mol. The Balaban J connectivity index is 1.66. The Morgan fingerprint density at radius 3 is 2.53 bits per heavy atom. The lowest BCUT2D eigenvalue weighted by Crippen LogP contribution is -2.44. The summed E-state index contributed by atoms with van der Waals surface area (Å²) in [5, 5.41) is 9.04. The SMILES string of the molecule is Cc1ccc(C)c(N2C(=O)c3ccc(C(=O)N(CCC#N)C4CCOCC4)cc3C2=O)c1. The van der Waals surface area contributed by atoms with Crippen LogP contribution in [0.5, 0.6) is 0 Å². The van der Waals surface area contributed by atoms with Crippen molar-refractivity contribution in [2.45, 2.75) is 39.2 Å². The van der Waals surface area contributed by atoms with E-state index in [9.17, 15) is 14.4 Å². The van der Waals surface area contributed by atoms with Gasteiger partial charge in [-0.25, -0.2) is 4.90 Å². The molecule has 2 heterocycles. The van der Waals surface area contributed by atoms with Crippen LogP contribution in [-0.4, -0.2) is 48.4 Å². The number of nitrogens with zero attached hydrogens (tertiary/aromatic N) is 3. The molecule has 3 amide bonds. The summed E-state index contributed by atoms with van der Waals surface area (Å²) in [6, 6.07) is 12.4. The molecule has 1 fully saturated rings. The Morgan fingerprint density at radius 1 is 1.09 bits per heavy atom. The molecule has 2 aromatic rings. The van der Waals surface area contributed by atoms with Gasteiger partial charge in [0, 0.05) is 31.4 Å². The molecular formula is C25H25N3O4. The van der Waals surface area contributed by atoms with Crippen molar-refractivity contribution >= 4 is 23.4 Å². The van der Waals surface area contributed by atoms with Crippen molar-refractivity contribution in [3.8, 4) is 6.07 Å². The van der Waals surface area contributed by atoms with Crippen LogP contribution < -0.4 is 4.90 Å². The van der Waals surface area contributed by atoms with E-state index in [0.29, 0.717) is 49.4 Å². The van der Waals surface area contributed by atoms with E-state index in [-0.39, 0.29) is 29.8 Å². The van der Waals surface area contributed by atoms with Crippen LogP contribution in [0.2, 0.25) is 0 Å². The third-order valence-corrected chi connectivity index (χ3v) is 6.10. The number of hydrogen-bond acceptors (Lipinski definition) is 5. The first kappa shape index (κ1) is 21.7. The molecule has 0 aromatic heterocycles. The fourth-order valence-corrected chi connectivity index (χ4v) is 4.34. The molecule has 0 saturated carbocycles. The van der Waals surface area contributed by atoms with Crippen molar-refractivity contribution in [2.24, 2.45) is 0 Å². The number of hydrogen-bond donors (Lipinski definition) is 0. The lowest BCUT2D eigenvalue weighted by molar-refractivity contribution is 0.0296. The minimum Gasteiger partial charge on any atom is -0.381 e. The standard InChI is InChI=1S/C25H25N3O4/c1-16-4-5-17(2)22(14-16)28-24(30)20-7-6-18(15-21(20)25(28)31)23(29)27(11-3-10-26)19-8-12-32-13-9-19/h4-7,14-15,19H,3,8-9,11-13H2,1-2H3. The maximum Gasteiger partial charge on any atom is 0.266 e. The highest BCUT2D eigenvalue weighted by Gasteiger charge is 2.38. The van der Waals surface area contributed by atoms with Crippen molar-refractivity contribution < 1.29 is 19.1 Å². The van der Waals surface area contributed by atoms with Gasteiger partial charge in [-0.3, -0.25) is 14.4 Å². The number of ether oxygens (including phenoxy) is 1. The number of carbonyl (C=O) groups is 3. The van der Waals surface area contributed by atoms with Crippen LogP contribution >= 0.6 is 0 Å². The van der Waals surface area contributed by atoms with Crippen LogP contribution in [-0.2, 0) is 4.74 Å². The summed E-state index contributed by atoms with van der Waals surface area (Å²) in [6.45, 7) is 5.22. The highest BCUT2D eigenvalue weighted by atomic mass is 16.5. The fourth-order valence-electron chi connectivity index (χ4n) is 4.34. The summed E-state index contributed by atoms with van der Waals surface area (Å²) in [4.78, 5) is 42.5. The van der Waals surface area contributed by atoms with Gasteiger partial charge in [0.25, 0.3) is 17.7 Å². The maximum absolute atomic E-state index is 13.4. The number of carbonyl (C=O) groups excluding carboxylic acids is 3. The summed E-state index contributed by atoms with van der Waals surface area (Å²) in [5.74, 6) is -1.05. The molecule has 0 N–H and O–H groups in total. The number of amides is 3. The molecule has 7 nitrogen and oxygen atoms in total. The van der Waals surface area contributed by atoms with Gasteiger partial charge in [0.05, 0.1) is 29.3 Å². The van der Waals surface area contributed by atoms with Crippen molar-refractivity contribution in [3.05, 3.63) is 64.2 Å². The van der Waals surface area contributed by atoms with Crippen LogP contribution in [0.15, 0.2) is 36.4 Å². The third-order valence-electron chi connectivity index (χ3n) is 6.10. The summed E-state index contributed by atoms with van der Waals surface area (Å²) in [6.07, 6.45) is 1.64. The second kappa shape index (κ2) is 8.93. The van der Waals surface area contributed by atoms with Gasteiger partial charge in [-0.1, -0.05) is 12.1 Å². The number of aryl methyl sites for hydroxylation is 2. The zero-order valence-electron chi connectivity index (χ0n) is 18.3.